The van der Waals surface area contributed by atoms with Crippen LogP contribution in [0.1, 0.15) is 30.0 Å². The second-order valence-electron chi connectivity index (χ2n) is 5.26. The largest absolute Gasteiger partial charge is 0.489 e. The zero-order chi connectivity index (χ0) is 16.1. The average Bonchev–Trinajstić information content (AvgIpc) is 2.48. The quantitative estimate of drug-likeness (QED) is 0.665. The minimum Gasteiger partial charge on any atom is -0.489 e. The number of thiocarbonyl (C=S) groups is 1. The number of hydrogen-bond donors (Lipinski definition) is 1. The monoisotopic (exact) mass is 377 g/mol. The van der Waals surface area contributed by atoms with Crippen LogP contribution in [-0.4, -0.2) is 4.99 Å². The topological polar surface area (TPSA) is 21.3 Å². The number of ether oxygens (including phenoxy) is 1. The van der Waals surface area contributed by atoms with Crippen molar-refractivity contribution in [3.8, 4) is 5.75 Å². The Hall–Kier alpha value is -1.39. The van der Waals surface area contributed by atoms with Crippen molar-refractivity contribution in [2.75, 3.05) is 5.32 Å². The molecule has 0 fully saturated rings. The maximum atomic E-state index is 5.98. The molecule has 2 aromatic carbocycles. The normalized spacial score (nSPS) is 10.4. The van der Waals surface area contributed by atoms with Gasteiger partial charge in [0.05, 0.1) is 4.99 Å². The summed E-state index contributed by atoms with van der Waals surface area (Å²) in [6.07, 6.45) is 0.822. The lowest BCUT2D eigenvalue weighted by Gasteiger charge is -2.15. The lowest BCUT2D eigenvalue weighted by atomic mass is 10.1. The van der Waals surface area contributed by atoms with E-state index in [0.29, 0.717) is 6.61 Å². The highest BCUT2D eigenvalue weighted by Gasteiger charge is 2.07. The highest BCUT2D eigenvalue weighted by atomic mass is 79.9. The number of benzene rings is 2. The van der Waals surface area contributed by atoms with Crippen LogP contribution >= 0.6 is 28.1 Å². The molecule has 0 unspecified atom stereocenters. The fourth-order valence-electron chi connectivity index (χ4n) is 2.16. The third kappa shape index (κ3) is 4.55. The summed E-state index contributed by atoms with van der Waals surface area (Å²) < 4.78 is 7.01. The van der Waals surface area contributed by atoms with Gasteiger partial charge in [-0.25, -0.2) is 0 Å². The Balaban J connectivity index is 2.17. The molecule has 2 aromatic rings. The number of hydrogen-bond acceptors (Lipinski definition) is 2. The summed E-state index contributed by atoms with van der Waals surface area (Å²) in [5, 5.41) is 3.28. The summed E-state index contributed by atoms with van der Waals surface area (Å²) >= 11 is 8.79. The van der Waals surface area contributed by atoms with Gasteiger partial charge in [-0.2, -0.15) is 0 Å². The second kappa shape index (κ2) is 7.75. The van der Waals surface area contributed by atoms with Crippen LogP contribution in [0.25, 0.3) is 0 Å². The van der Waals surface area contributed by atoms with Gasteiger partial charge in [-0.3, -0.25) is 0 Å². The molecule has 0 atom stereocenters. The van der Waals surface area contributed by atoms with E-state index in [2.05, 4.69) is 53.3 Å². The van der Waals surface area contributed by atoms with Gasteiger partial charge in [0.2, 0.25) is 0 Å². The van der Waals surface area contributed by atoms with Crippen LogP contribution in [0.2, 0.25) is 0 Å². The summed E-state index contributed by atoms with van der Waals surface area (Å²) in [5.74, 6) is 0.912. The van der Waals surface area contributed by atoms with Gasteiger partial charge in [0.1, 0.15) is 12.4 Å². The van der Waals surface area contributed by atoms with Crippen molar-refractivity contribution < 1.29 is 4.74 Å². The van der Waals surface area contributed by atoms with E-state index in [0.717, 1.165) is 38.4 Å². The number of anilines is 1. The van der Waals surface area contributed by atoms with E-state index in [1.165, 1.54) is 5.56 Å². The summed E-state index contributed by atoms with van der Waals surface area (Å²) in [6, 6.07) is 12.3. The molecule has 22 heavy (non-hydrogen) atoms. The average molecular weight is 378 g/mol. The van der Waals surface area contributed by atoms with E-state index in [9.17, 15) is 0 Å². The van der Waals surface area contributed by atoms with Gasteiger partial charge < -0.3 is 10.1 Å². The fraction of sp³-hybridized carbons (Fsp3) is 0.278. The zero-order valence-corrected chi connectivity index (χ0v) is 15.5. The predicted molar refractivity (Wildman–Crippen MR) is 101 cm³/mol. The SMILES string of the molecule is CCC(=S)Nc1ccc(Br)cc1COc1ccc(C)cc1C. The molecule has 0 spiro atoms. The third-order valence-electron chi connectivity index (χ3n) is 3.38. The summed E-state index contributed by atoms with van der Waals surface area (Å²) in [7, 11) is 0. The van der Waals surface area contributed by atoms with Gasteiger partial charge in [0, 0.05) is 15.7 Å². The van der Waals surface area contributed by atoms with E-state index in [4.69, 9.17) is 17.0 Å². The lowest BCUT2D eigenvalue weighted by Crippen LogP contribution is -2.10. The molecule has 0 saturated carbocycles. The number of halogens is 1. The Bertz CT molecular complexity index is 685. The standard InChI is InChI=1S/C18H20BrNOS/c1-4-18(22)20-16-7-6-15(19)10-14(16)11-21-17-8-5-12(2)9-13(17)3/h5-10H,4,11H2,1-3H3,(H,20,22). The zero-order valence-electron chi connectivity index (χ0n) is 13.1. The number of nitrogens with one attached hydrogen (secondary N) is 1. The van der Waals surface area contributed by atoms with Crippen molar-refractivity contribution in [2.45, 2.75) is 33.8 Å². The van der Waals surface area contributed by atoms with Crippen molar-refractivity contribution in [3.05, 3.63) is 57.6 Å². The molecular weight excluding hydrogens is 358 g/mol. The molecule has 2 nitrogen and oxygen atoms in total. The second-order valence-corrected chi connectivity index (χ2v) is 6.67. The summed E-state index contributed by atoms with van der Waals surface area (Å²) in [6.45, 7) is 6.69. The van der Waals surface area contributed by atoms with Gasteiger partial charge in [0.15, 0.2) is 0 Å². The van der Waals surface area contributed by atoms with Crippen molar-refractivity contribution in [1.29, 1.82) is 0 Å². The molecule has 0 aliphatic carbocycles. The van der Waals surface area contributed by atoms with Crippen molar-refractivity contribution in [1.82, 2.24) is 0 Å². The fourth-order valence-corrected chi connectivity index (χ4v) is 2.68. The van der Waals surface area contributed by atoms with E-state index < -0.39 is 0 Å². The van der Waals surface area contributed by atoms with Gasteiger partial charge in [-0.05, 0) is 50.1 Å². The van der Waals surface area contributed by atoms with Crippen LogP contribution in [0.15, 0.2) is 40.9 Å². The smallest absolute Gasteiger partial charge is 0.122 e. The predicted octanol–water partition coefficient (Wildman–Crippen LogP) is 5.79. The van der Waals surface area contributed by atoms with Gasteiger partial charge in [0.25, 0.3) is 0 Å². The molecule has 0 saturated heterocycles. The Morgan fingerprint density at radius 1 is 1.18 bits per heavy atom. The van der Waals surface area contributed by atoms with Gasteiger partial charge in [-0.1, -0.05) is 52.8 Å². The Morgan fingerprint density at radius 3 is 2.64 bits per heavy atom. The molecule has 0 aliphatic heterocycles. The minimum atomic E-state index is 0.498. The van der Waals surface area contributed by atoms with Crippen molar-refractivity contribution >= 4 is 38.8 Å². The van der Waals surface area contributed by atoms with Crippen LogP contribution in [0, 0.1) is 13.8 Å². The molecular formula is C18H20BrNOS. The van der Waals surface area contributed by atoms with Crippen LogP contribution in [0.4, 0.5) is 5.69 Å². The van der Waals surface area contributed by atoms with Crippen LogP contribution < -0.4 is 10.1 Å². The van der Waals surface area contributed by atoms with Gasteiger partial charge >= 0.3 is 0 Å². The first-order valence-electron chi connectivity index (χ1n) is 7.28. The maximum absolute atomic E-state index is 5.98. The van der Waals surface area contributed by atoms with E-state index in [1.807, 2.05) is 25.1 Å². The minimum absolute atomic E-state index is 0.498. The first-order chi connectivity index (χ1) is 10.5. The lowest BCUT2D eigenvalue weighted by molar-refractivity contribution is 0.304. The summed E-state index contributed by atoms with van der Waals surface area (Å²) in [5.41, 5.74) is 4.46. The maximum Gasteiger partial charge on any atom is 0.122 e. The molecule has 116 valence electrons. The highest BCUT2D eigenvalue weighted by Crippen LogP contribution is 2.25. The van der Waals surface area contributed by atoms with Crippen molar-refractivity contribution in [3.63, 3.8) is 0 Å². The van der Waals surface area contributed by atoms with Crippen LogP contribution in [0.5, 0.6) is 5.75 Å². The third-order valence-corrected chi connectivity index (χ3v) is 4.26. The van der Waals surface area contributed by atoms with Crippen molar-refractivity contribution in [2.24, 2.45) is 0 Å². The molecule has 1 N–H and O–H groups in total. The Morgan fingerprint density at radius 2 is 1.95 bits per heavy atom. The van der Waals surface area contributed by atoms with Gasteiger partial charge in [-0.15, -0.1) is 0 Å². The van der Waals surface area contributed by atoms with E-state index in [-0.39, 0.29) is 0 Å². The first-order valence-corrected chi connectivity index (χ1v) is 8.48. The summed E-state index contributed by atoms with van der Waals surface area (Å²) in [4.78, 5) is 0.829. The Labute approximate surface area is 146 Å². The number of rotatable bonds is 5. The first kappa shape index (κ1) is 17.0. The van der Waals surface area contributed by atoms with E-state index in [1.54, 1.807) is 0 Å². The van der Waals surface area contributed by atoms with Crippen LogP contribution in [-0.2, 0) is 6.61 Å². The molecule has 0 aliphatic rings. The molecule has 0 heterocycles. The molecule has 0 aromatic heterocycles. The molecule has 0 bridgehead atoms. The molecule has 0 amide bonds. The number of aryl methyl sites for hydroxylation is 2. The Kier molecular flexibility index (Phi) is 5.98. The van der Waals surface area contributed by atoms with E-state index >= 15 is 0 Å². The highest BCUT2D eigenvalue weighted by molar-refractivity contribution is 9.10. The van der Waals surface area contributed by atoms with Crippen LogP contribution in [0.3, 0.4) is 0 Å². The molecule has 0 radical (unpaired) electrons. The molecule has 2 rings (SSSR count). The molecule has 4 heteroatoms.